The van der Waals surface area contributed by atoms with Gasteiger partial charge in [0.05, 0.1) is 6.10 Å². The highest BCUT2D eigenvalue weighted by atomic mass is 35.5. The lowest BCUT2D eigenvalue weighted by atomic mass is 9.95. The molecule has 1 aliphatic rings. The van der Waals surface area contributed by atoms with E-state index in [0.717, 1.165) is 55.6 Å². The summed E-state index contributed by atoms with van der Waals surface area (Å²) in [7, 11) is 0. The Labute approximate surface area is 167 Å². The molecule has 0 bridgehead atoms. The van der Waals surface area contributed by atoms with Gasteiger partial charge in [-0.05, 0) is 37.0 Å². The smallest absolute Gasteiger partial charge is 0.191 e. The molecular formula is C22H28ClN3O. The predicted octanol–water partition coefficient (Wildman–Crippen LogP) is 4.22. The molecule has 2 atom stereocenters. The van der Waals surface area contributed by atoms with E-state index in [1.807, 2.05) is 24.3 Å². The SMILES string of the molecule is CCNC(=NCC1CCOC1c1ccccc1)NCCc1ccccc1Cl. The molecule has 1 fully saturated rings. The number of halogens is 1. The Hall–Kier alpha value is -2.04. The Morgan fingerprint density at radius 3 is 2.67 bits per heavy atom. The molecule has 0 spiro atoms. The molecule has 144 valence electrons. The van der Waals surface area contributed by atoms with E-state index in [2.05, 4.69) is 47.9 Å². The van der Waals surface area contributed by atoms with Gasteiger partial charge in [-0.25, -0.2) is 0 Å². The zero-order chi connectivity index (χ0) is 18.9. The van der Waals surface area contributed by atoms with Gasteiger partial charge in [0.2, 0.25) is 0 Å². The third kappa shape index (κ3) is 5.72. The van der Waals surface area contributed by atoms with Crippen molar-refractivity contribution in [1.82, 2.24) is 10.6 Å². The maximum absolute atomic E-state index is 6.23. The van der Waals surface area contributed by atoms with Gasteiger partial charge in [-0.3, -0.25) is 4.99 Å². The molecule has 2 aromatic rings. The second-order valence-corrected chi connectivity index (χ2v) is 7.15. The van der Waals surface area contributed by atoms with Gasteiger partial charge in [-0.2, -0.15) is 0 Å². The molecule has 2 N–H and O–H groups in total. The number of aliphatic imine (C=N–C) groups is 1. The first-order valence-electron chi connectivity index (χ1n) is 9.70. The van der Waals surface area contributed by atoms with Crippen LogP contribution in [0.3, 0.4) is 0 Å². The van der Waals surface area contributed by atoms with Crippen LogP contribution < -0.4 is 10.6 Å². The zero-order valence-corrected chi connectivity index (χ0v) is 16.6. The van der Waals surface area contributed by atoms with E-state index in [1.165, 1.54) is 5.56 Å². The van der Waals surface area contributed by atoms with Crippen molar-refractivity contribution in [3.8, 4) is 0 Å². The minimum absolute atomic E-state index is 0.140. The molecule has 1 aliphatic heterocycles. The molecule has 0 aromatic heterocycles. The van der Waals surface area contributed by atoms with Crippen molar-refractivity contribution in [3.05, 3.63) is 70.7 Å². The monoisotopic (exact) mass is 385 g/mol. The quantitative estimate of drug-likeness (QED) is 0.554. The Balaban J connectivity index is 1.56. The molecule has 0 amide bonds. The first-order chi connectivity index (χ1) is 13.3. The molecule has 4 nitrogen and oxygen atoms in total. The summed E-state index contributed by atoms with van der Waals surface area (Å²) in [6.07, 6.45) is 2.05. The summed E-state index contributed by atoms with van der Waals surface area (Å²) >= 11 is 6.23. The number of guanidine groups is 1. The van der Waals surface area contributed by atoms with Crippen molar-refractivity contribution in [3.63, 3.8) is 0 Å². The number of rotatable bonds is 7. The minimum atomic E-state index is 0.140. The van der Waals surface area contributed by atoms with Crippen LogP contribution in [0.25, 0.3) is 0 Å². The number of ether oxygens (including phenoxy) is 1. The summed E-state index contributed by atoms with van der Waals surface area (Å²) < 4.78 is 5.97. The van der Waals surface area contributed by atoms with E-state index in [0.29, 0.717) is 5.92 Å². The summed E-state index contributed by atoms with van der Waals surface area (Å²) in [4.78, 5) is 4.81. The Bertz CT molecular complexity index is 735. The highest BCUT2D eigenvalue weighted by Crippen LogP contribution is 2.34. The number of hydrogen-bond acceptors (Lipinski definition) is 2. The topological polar surface area (TPSA) is 45.7 Å². The minimum Gasteiger partial charge on any atom is -0.373 e. The van der Waals surface area contributed by atoms with Crippen molar-refractivity contribution in [2.45, 2.75) is 25.9 Å². The van der Waals surface area contributed by atoms with Gasteiger partial charge in [0.25, 0.3) is 0 Å². The average molecular weight is 386 g/mol. The third-order valence-corrected chi connectivity index (χ3v) is 5.18. The molecule has 0 radical (unpaired) electrons. The number of nitrogens with zero attached hydrogens (tertiary/aromatic N) is 1. The van der Waals surface area contributed by atoms with Gasteiger partial charge < -0.3 is 15.4 Å². The Kier molecular flexibility index (Phi) is 7.55. The zero-order valence-electron chi connectivity index (χ0n) is 15.8. The van der Waals surface area contributed by atoms with Gasteiger partial charge in [-0.15, -0.1) is 0 Å². The van der Waals surface area contributed by atoms with Crippen molar-refractivity contribution < 1.29 is 4.74 Å². The molecule has 0 saturated carbocycles. The van der Waals surface area contributed by atoms with Crippen molar-refractivity contribution in [2.24, 2.45) is 10.9 Å². The maximum Gasteiger partial charge on any atom is 0.191 e. The third-order valence-electron chi connectivity index (χ3n) is 4.82. The van der Waals surface area contributed by atoms with E-state index >= 15 is 0 Å². The fourth-order valence-corrected chi connectivity index (χ4v) is 3.63. The standard InChI is InChI=1S/C22H28ClN3O/c1-2-24-22(25-14-12-17-8-6-7-11-20(17)23)26-16-19-13-15-27-21(19)18-9-4-3-5-10-18/h3-11,19,21H,2,12-16H2,1H3,(H2,24,25,26). The Morgan fingerprint density at radius 2 is 1.89 bits per heavy atom. The van der Waals surface area contributed by atoms with Crippen LogP contribution >= 0.6 is 11.6 Å². The largest absolute Gasteiger partial charge is 0.373 e. The second-order valence-electron chi connectivity index (χ2n) is 6.74. The fraction of sp³-hybridized carbons (Fsp3) is 0.409. The fourth-order valence-electron chi connectivity index (χ4n) is 3.40. The van der Waals surface area contributed by atoms with Crippen LogP contribution in [0.15, 0.2) is 59.6 Å². The molecule has 1 heterocycles. The highest BCUT2D eigenvalue weighted by Gasteiger charge is 2.29. The van der Waals surface area contributed by atoms with Crippen LogP contribution in [0.4, 0.5) is 0 Å². The molecule has 3 rings (SSSR count). The van der Waals surface area contributed by atoms with Gasteiger partial charge in [0.1, 0.15) is 0 Å². The summed E-state index contributed by atoms with van der Waals surface area (Å²) in [5.74, 6) is 1.26. The Morgan fingerprint density at radius 1 is 1.11 bits per heavy atom. The highest BCUT2D eigenvalue weighted by molar-refractivity contribution is 6.31. The summed E-state index contributed by atoms with van der Waals surface area (Å²) in [6.45, 7) is 5.26. The molecule has 27 heavy (non-hydrogen) atoms. The van der Waals surface area contributed by atoms with E-state index in [9.17, 15) is 0 Å². The molecule has 2 unspecified atom stereocenters. The van der Waals surface area contributed by atoms with Gasteiger partial charge in [0.15, 0.2) is 5.96 Å². The van der Waals surface area contributed by atoms with Crippen LogP contribution in [0, 0.1) is 5.92 Å². The number of benzene rings is 2. The first-order valence-corrected chi connectivity index (χ1v) is 10.1. The van der Waals surface area contributed by atoms with E-state index in [4.69, 9.17) is 21.3 Å². The van der Waals surface area contributed by atoms with Crippen LogP contribution in [0.5, 0.6) is 0 Å². The molecular weight excluding hydrogens is 358 g/mol. The summed E-state index contributed by atoms with van der Waals surface area (Å²) in [6, 6.07) is 18.4. The van der Waals surface area contributed by atoms with E-state index < -0.39 is 0 Å². The second kappa shape index (κ2) is 10.3. The van der Waals surface area contributed by atoms with Crippen molar-refractivity contribution >= 4 is 17.6 Å². The van der Waals surface area contributed by atoms with Crippen molar-refractivity contribution in [1.29, 1.82) is 0 Å². The van der Waals surface area contributed by atoms with Gasteiger partial charge in [0, 0.05) is 37.2 Å². The lowest BCUT2D eigenvalue weighted by Gasteiger charge is -2.18. The normalized spacial score (nSPS) is 19.9. The van der Waals surface area contributed by atoms with Crippen LogP contribution in [0.1, 0.15) is 30.6 Å². The van der Waals surface area contributed by atoms with Crippen LogP contribution in [0.2, 0.25) is 5.02 Å². The van der Waals surface area contributed by atoms with Crippen molar-refractivity contribution in [2.75, 3.05) is 26.2 Å². The summed E-state index contributed by atoms with van der Waals surface area (Å²) in [5.41, 5.74) is 2.39. The lowest BCUT2D eigenvalue weighted by Crippen LogP contribution is -2.38. The number of nitrogens with one attached hydrogen (secondary N) is 2. The van der Waals surface area contributed by atoms with Crippen LogP contribution in [-0.4, -0.2) is 32.2 Å². The average Bonchev–Trinajstić information content (AvgIpc) is 3.17. The van der Waals surface area contributed by atoms with Gasteiger partial charge in [-0.1, -0.05) is 60.1 Å². The molecule has 5 heteroatoms. The lowest BCUT2D eigenvalue weighted by molar-refractivity contribution is 0.0925. The van der Waals surface area contributed by atoms with Crippen LogP contribution in [-0.2, 0) is 11.2 Å². The van der Waals surface area contributed by atoms with E-state index in [1.54, 1.807) is 0 Å². The predicted molar refractivity (Wildman–Crippen MR) is 112 cm³/mol. The van der Waals surface area contributed by atoms with E-state index in [-0.39, 0.29) is 6.10 Å². The van der Waals surface area contributed by atoms with Gasteiger partial charge >= 0.3 is 0 Å². The molecule has 2 aromatic carbocycles. The summed E-state index contributed by atoms with van der Waals surface area (Å²) in [5, 5.41) is 7.56. The molecule has 0 aliphatic carbocycles. The molecule has 1 saturated heterocycles. The number of hydrogen-bond donors (Lipinski definition) is 2. The first kappa shape index (κ1) is 19.7. The maximum atomic E-state index is 6.23.